The Balaban J connectivity index is 1.90. The first-order valence-corrected chi connectivity index (χ1v) is 9.69. The quantitative estimate of drug-likeness (QED) is 0.677. The number of benzene rings is 1. The fourth-order valence-corrected chi connectivity index (χ4v) is 3.76. The van der Waals surface area contributed by atoms with E-state index in [0.29, 0.717) is 42.2 Å². The Hall–Kier alpha value is -2.64. The van der Waals surface area contributed by atoms with Crippen molar-refractivity contribution in [1.29, 1.82) is 0 Å². The molecule has 4 rings (SSSR count). The molecule has 3 aromatic rings. The van der Waals surface area contributed by atoms with Gasteiger partial charge in [0.25, 0.3) is 0 Å². The number of aliphatic hydroxyl groups is 1. The smallest absolute Gasteiger partial charge is 0.343 e. The Morgan fingerprint density at radius 3 is 2.71 bits per heavy atom. The first kappa shape index (κ1) is 18.7. The number of esters is 1. The van der Waals surface area contributed by atoms with Crippen LogP contribution in [0.2, 0.25) is 5.02 Å². The molecule has 0 amide bonds. The van der Waals surface area contributed by atoms with E-state index in [9.17, 15) is 9.90 Å². The topological polar surface area (TPSA) is 80.0 Å². The molecular formula is C20H21ClN4O3. The summed E-state index contributed by atoms with van der Waals surface area (Å²) in [5, 5.41) is 15.0. The molecular weight excluding hydrogens is 380 g/mol. The molecule has 0 saturated carbocycles. The lowest BCUT2D eigenvalue weighted by Crippen LogP contribution is -2.37. The Kier molecular flexibility index (Phi) is 5.19. The molecule has 28 heavy (non-hydrogen) atoms. The minimum atomic E-state index is -0.449. The number of piperidine rings is 1. The monoisotopic (exact) mass is 400 g/mol. The zero-order valence-electron chi connectivity index (χ0n) is 15.5. The van der Waals surface area contributed by atoms with Crippen LogP contribution in [0.5, 0.6) is 0 Å². The maximum absolute atomic E-state index is 12.3. The highest BCUT2D eigenvalue weighted by Gasteiger charge is 2.26. The molecule has 8 heteroatoms. The van der Waals surface area contributed by atoms with Gasteiger partial charge in [0.1, 0.15) is 11.4 Å². The van der Waals surface area contributed by atoms with Crippen LogP contribution in [0.4, 0.5) is 5.82 Å². The van der Waals surface area contributed by atoms with Crippen molar-refractivity contribution in [3.8, 4) is 11.1 Å². The van der Waals surface area contributed by atoms with E-state index >= 15 is 0 Å². The van der Waals surface area contributed by atoms with Crippen molar-refractivity contribution in [2.24, 2.45) is 0 Å². The predicted molar refractivity (Wildman–Crippen MR) is 107 cm³/mol. The number of fused-ring (bicyclic) bond motifs is 1. The lowest BCUT2D eigenvalue weighted by molar-refractivity contribution is 0.0528. The number of halogens is 1. The van der Waals surface area contributed by atoms with Crippen molar-refractivity contribution in [1.82, 2.24) is 14.6 Å². The number of hydrogen-bond donors (Lipinski definition) is 1. The summed E-state index contributed by atoms with van der Waals surface area (Å²) in [7, 11) is 0. The molecule has 1 aliphatic heterocycles. The Bertz CT molecular complexity index is 1010. The summed E-state index contributed by atoms with van der Waals surface area (Å²) in [4.78, 5) is 18.9. The van der Waals surface area contributed by atoms with E-state index in [2.05, 4.69) is 15.0 Å². The van der Waals surface area contributed by atoms with Gasteiger partial charge in [0.05, 0.1) is 18.9 Å². The van der Waals surface area contributed by atoms with Crippen LogP contribution in [0.25, 0.3) is 16.8 Å². The fourth-order valence-electron chi connectivity index (χ4n) is 3.52. The van der Waals surface area contributed by atoms with Gasteiger partial charge in [-0.15, -0.1) is 0 Å². The summed E-state index contributed by atoms with van der Waals surface area (Å²) in [6.45, 7) is 3.39. The maximum atomic E-state index is 12.3. The average molecular weight is 401 g/mol. The Labute approximate surface area is 167 Å². The van der Waals surface area contributed by atoms with Crippen LogP contribution in [0.15, 0.2) is 36.7 Å². The summed E-state index contributed by atoms with van der Waals surface area (Å²) >= 11 is 6.45. The van der Waals surface area contributed by atoms with Gasteiger partial charge in [-0.05, 0) is 25.8 Å². The van der Waals surface area contributed by atoms with Crippen molar-refractivity contribution in [2.75, 3.05) is 24.6 Å². The molecule has 0 unspecified atom stereocenters. The summed E-state index contributed by atoms with van der Waals surface area (Å²) in [6, 6.07) is 7.56. The molecule has 0 radical (unpaired) electrons. The highest BCUT2D eigenvalue weighted by atomic mass is 35.5. The number of carbonyl (C=O) groups excluding carboxylic acids is 1. The van der Waals surface area contributed by atoms with E-state index in [1.807, 2.05) is 24.3 Å². The highest BCUT2D eigenvalue weighted by molar-refractivity contribution is 6.33. The van der Waals surface area contributed by atoms with Gasteiger partial charge in [0.2, 0.25) is 0 Å². The number of anilines is 1. The summed E-state index contributed by atoms with van der Waals surface area (Å²) in [5.41, 5.74) is 2.43. The molecule has 146 valence electrons. The van der Waals surface area contributed by atoms with Crippen LogP contribution in [0.3, 0.4) is 0 Å². The minimum absolute atomic E-state index is 0.282. The molecule has 1 aromatic carbocycles. The van der Waals surface area contributed by atoms with Crippen LogP contribution in [-0.2, 0) is 4.74 Å². The van der Waals surface area contributed by atoms with Gasteiger partial charge >= 0.3 is 5.97 Å². The molecule has 0 bridgehead atoms. The number of hydrogen-bond acceptors (Lipinski definition) is 6. The molecule has 0 spiro atoms. The summed E-state index contributed by atoms with van der Waals surface area (Å²) in [6.07, 6.45) is 4.24. The number of rotatable bonds is 4. The largest absolute Gasteiger partial charge is 0.462 e. The van der Waals surface area contributed by atoms with E-state index in [1.165, 1.54) is 6.20 Å². The van der Waals surface area contributed by atoms with Gasteiger partial charge in [-0.2, -0.15) is 9.61 Å². The molecule has 0 atom stereocenters. The van der Waals surface area contributed by atoms with Gasteiger partial charge in [-0.25, -0.2) is 9.78 Å². The standard InChI is InChI=1S/C20H21ClN4O3/c1-2-28-20(27)16-12-23-25-18(16)22-11-15(14-5-3-4-6-17(14)21)19(25)24-9-7-13(26)8-10-24/h3-6,11-13,26H,2,7-10H2,1H3. The minimum Gasteiger partial charge on any atom is -0.462 e. The molecule has 1 saturated heterocycles. The second-order valence-electron chi connectivity index (χ2n) is 6.71. The number of nitrogens with zero attached hydrogens (tertiary/aromatic N) is 4. The molecule has 1 aliphatic rings. The summed E-state index contributed by atoms with van der Waals surface area (Å²) in [5.74, 6) is 0.357. The van der Waals surface area contributed by atoms with Crippen molar-refractivity contribution in [2.45, 2.75) is 25.9 Å². The lowest BCUT2D eigenvalue weighted by Gasteiger charge is -2.32. The predicted octanol–water partition coefficient (Wildman–Crippen LogP) is 3.19. The van der Waals surface area contributed by atoms with Crippen molar-refractivity contribution < 1.29 is 14.6 Å². The second-order valence-corrected chi connectivity index (χ2v) is 7.11. The molecule has 1 N–H and O–H groups in total. The third-order valence-electron chi connectivity index (χ3n) is 4.92. The van der Waals surface area contributed by atoms with Gasteiger partial charge in [-0.3, -0.25) is 0 Å². The van der Waals surface area contributed by atoms with E-state index in [4.69, 9.17) is 16.3 Å². The fraction of sp³-hybridized carbons (Fsp3) is 0.350. The van der Waals surface area contributed by atoms with Crippen molar-refractivity contribution in [3.63, 3.8) is 0 Å². The maximum Gasteiger partial charge on any atom is 0.343 e. The molecule has 0 aliphatic carbocycles. The first-order chi connectivity index (χ1) is 13.6. The van der Waals surface area contributed by atoms with Crippen LogP contribution in [0, 0.1) is 0 Å². The highest BCUT2D eigenvalue weighted by Crippen LogP contribution is 2.36. The second kappa shape index (κ2) is 7.77. The zero-order chi connectivity index (χ0) is 19.7. The van der Waals surface area contributed by atoms with Gasteiger partial charge < -0.3 is 14.7 Å². The van der Waals surface area contributed by atoms with Gasteiger partial charge in [-0.1, -0.05) is 29.8 Å². The van der Waals surface area contributed by atoms with Gasteiger partial charge in [0, 0.05) is 35.4 Å². The van der Waals surface area contributed by atoms with E-state index in [-0.39, 0.29) is 12.7 Å². The summed E-state index contributed by atoms with van der Waals surface area (Å²) < 4.78 is 6.80. The number of aliphatic hydroxyl groups excluding tert-OH is 1. The van der Waals surface area contributed by atoms with E-state index < -0.39 is 5.97 Å². The van der Waals surface area contributed by atoms with E-state index in [0.717, 1.165) is 16.9 Å². The van der Waals surface area contributed by atoms with Crippen LogP contribution < -0.4 is 4.90 Å². The number of carbonyl (C=O) groups is 1. The molecule has 7 nitrogen and oxygen atoms in total. The Morgan fingerprint density at radius 1 is 1.25 bits per heavy atom. The lowest BCUT2D eigenvalue weighted by atomic mass is 10.0. The zero-order valence-corrected chi connectivity index (χ0v) is 16.3. The number of ether oxygens (including phenoxy) is 1. The third-order valence-corrected chi connectivity index (χ3v) is 5.25. The van der Waals surface area contributed by atoms with Crippen LogP contribution in [-0.4, -0.2) is 51.5 Å². The Morgan fingerprint density at radius 2 is 2.00 bits per heavy atom. The SMILES string of the molecule is CCOC(=O)c1cnn2c(N3CCC(O)CC3)c(-c3ccccc3Cl)cnc12. The van der Waals surface area contributed by atoms with Gasteiger partial charge in [0.15, 0.2) is 5.65 Å². The number of aromatic nitrogens is 3. The van der Waals surface area contributed by atoms with Crippen molar-refractivity contribution in [3.05, 3.63) is 47.2 Å². The van der Waals surface area contributed by atoms with Crippen LogP contribution >= 0.6 is 11.6 Å². The van der Waals surface area contributed by atoms with Crippen LogP contribution in [0.1, 0.15) is 30.1 Å². The van der Waals surface area contributed by atoms with Crippen molar-refractivity contribution >= 4 is 29.0 Å². The average Bonchev–Trinajstić information content (AvgIpc) is 3.13. The first-order valence-electron chi connectivity index (χ1n) is 9.32. The molecule has 3 heterocycles. The normalized spacial score (nSPS) is 15.2. The third kappa shape index (κ3) is 3.31. The van der Waals surface area contributed by atoms with E-state index in [1.54, 1.807) is 17.6 Å². The molecule has 2 aromatic heterocycles. The molecule has 1 fully saturated rings.